The van der Waals surface area contributed by atoms with Crippen LogP contribution in [0.15, 0.2) is 24.3 Å². The first kappa shape index (κ1) is 11.2. The van der Waals surface area contributed by atoms with Gasteiger partial charge in [0.15, 0.2) is 0 Å². The fraction of sp³-hybridized carbons (Fsp3) is 0.333. The molecular weight excluding hydrogens is 204 g/mol. The molecule has 0 aliphatic rings. The van der Waals surface area contributed by atoms with Gasteiger partial charge in [0.2, 0.25) is 0 Å². The highest BCUT2D eigenvalue weighted by molar-refractivity contribution is 7.85. The summed E-state index contributed by atoms with van der Waals surface area (Å²) in [6, 6.07) is 6.94. The molecule has 0 aliphatic heterocycles. The van der Waals surface area contributed by atoms with Crippen molar-refractivity contribution in [2.75, 3.05) is 6.26 Å². The summed E-state index contributed by atoms with van der Waals surface area (Å²) in [5, 5.41) is 8.83. The Bertz CT molecular complexity index is 397. The summed E-state index contributed by atoms with van der Waals surface area (Å²) in [5.41, 5.74) is 1.46. The summed E-state index contributed by atoms with van der Waals surface area (Å²) in [5.74, 6) is 0. The molecule has 0 heterocycles. The zero-order valence-corrected chi connectivity index (χ0v) is 8.62. The van der Waals surface area contributed by atoms with Gasteiger partial charge < -0.3 is 5.11 Å². The van der Waals surface area contributed by atoms with Gasteiger partial charge in [0.05, 0.1) is 19.5 Å². The molecule has 78 valence electrons. The molecule has 1 aromatic carbocycles. The maximum absolute atomic E-state index is 10.7. The van der Waals surface area contributed by atoms with Crippen LogP contribution < -0.4 is 0 Å². The average molecular weight is 216 g/mol. The molecule has 1 rings (SSSR count). The van der Waals surface area contributed by atoms with Crippen molar-refractivity contribution >= 4 is 10.1 Å². The second-order valence-electron chi connectivity index (χ2n) is 2.94. The normalized spacial score (nSPS) is 11.6. The largest absolute Gasteiger partial charge is 0.392 e. The predicted molar refractivity (Wildman–Crippen MR) is 52.0 cm³/mol. The van der Waals surface area contributed by atoms with Gasteiger partial charge in [0.1, 0.15) is 0 Å². The molecule has 0 radical (unpaired) electrons. The van der Waals surface area contributed by atoms with E-state index in [1.807, 2.05) is 0 Å². The number of hydrogen-bond acceptors (Lipinski definition) is 4. The zero-order chi connectivity index (χ0) is 10.6. The van der Waals surface area contributed by atoms with Crippen LogP contribution in [0.25, 0.3) is 0 Å². The molecule has 0 aliphatic carbocycles. The Labute approximate surface area is 83.3 Å². The smallest absolute Gasteiger partial charge is 0.264 e. The molecule has 0 spiro atoms. The van der Waals surface area contributed by atoms with Gasteiger partial charge in [0, 0.05) is 0 Å². The average Bonchev–Trinajstić information content (AvgIpc) is 2.14. The van der Waals surface area contributed by atoms with Crippen molar-refractivity contribution in [3.63, 3.8) is 0 Å². The maximum Gasteiger partial charge on any atom is 0.264 e. The van der Waals surface area contributed by atoms with Crippen LogP contribution in [-0.4, -0.2) is 19.8 Å². The second-order valence-corrected chi connectivity index (χ2v) is 4.59. The van der Waals surface area contributed by atoms with Gasteiger partial charge in [-0.25, -0.2) is 0 Å². The molecule has 1 N–H and O–H groups in total. The zero-order valence-electron chi connectivity index (χ0n) is 7.80. The molecule has 0 fully saturated rings. The number of rotatable bonds is 4. The molecule has 1 aromatic rings. The van der Waals surface area contributed by atoms with Crippen molar-refractivity contribution < 1.29 is 17.7 Å². The summed E-state index contributed by atoms with van der Waals surface area (Å²) < 4.78 is 26.0. The Balaban J connectivity index is 2.68. The lowest BCUT2D eigenvalue weighted by atomic mass is 10.1. The molecular formula is C9H12O4S. The van der Waals surface area contributed by atoms with Crippen LogP contribution in [0.4, 0.5) is 0 Å². The highest BCUT2D eigenvalue weighted by Crippen LogP contribution is 2.07. The molecule has 0 atom stereocenters. The monoisotopic (exact) mass is 216 g/mol. The number of benzene rings is 1. The summed E-state index contributed by atoms with van der Waals surface area (Å²) in [6.07, 6.45) is 1.00. The van der Waals surface area contributed by atoms with Gasteiger partial charge in [-0.1, -0.05) is 24.3 Å². The summed E-state index contributed by atoms with van der Waals surface area (Å²) >= 11 is 0. The van der Waals surface area contributed by atoms with Crippen molar-refractivity contribution in [1.29, 1.82) is 0 Å². The van der Waals surface area contributed by atoms with Crippen molar-refractivity contribution in [3.05, 3.63) is 35.4 Å². The fourth-order valence-electron chi connectivity index (χ4n) is 0.993. The highest BCUT2D eigenvalue weighted by Gasteiger charge is 2.02. The molecule has 0 unspecified atom stereocenters. The third kappa shape index (κ3) is 3.87. The van der Waals surface area contributed by atoms with Gasteiger partial charge in [0.25, 0.3) is 10.1 Å². The van der Waals surface area contributed by atoms with Crippen molar-refractivity contribution in [2.24, 2.45) is 0 Å². The van der Waals surface area contributed by atoms with E-state index in [2.05, 4.69) is 4.18 Å². The molecule has 0 saturated carbocycles. The van der Waals surface area contributed by atoms with E-state index in [4.69, 9.17) is 5.11 Å². The first-order chi connectivity index (χ1) is 6.51. The summed E-state index contributed by atoms with van der Waals surface area (Å²) in [4.78, 5) is 0. The number of aliphatic hydroxyl groups excluding tert-OH is 1. The van der Waals surface area contributed by atoms with E-state index in [9.17, 15) is 8.42 Å². The minimum atomic E-state index is -3.40. The SMILES string of the molecule is CS(=O)(=O)OCc1cccc(CO)c1. The predicted octanol–water partition coefficient (Wildman–Crippen LogP) is 0.655. The van der Waals surface area contributed by atoms with E-state index in [-0.39, 0.29) is 13.2 Å². The van der Waals surface area contributed by atoms with Crippen LogP contribution in [0.1, 0.15) is 11.1 Å². The van der Waals surface area contributed by atoms with Gasteiger partial charge in [-0.2, -0.15) is 8.42 Å². The van der Waals surface area contributed by atoms with Crippen molar-refractivity contribution in [2.45, 2.75) is 13.2 Å². The van der Waals surface area contributed by atoms with Crippen LogP contribution in [-0.2, 0) is 27.5 Å². The van der Waals surface area contributed by atoms with E-state index in [0.29, 0.717) is 0 Å². The molecule has 0 aromatic heterocycles. The molecule has 0 amide bonds. The molecule has 14 heavy (non-hydrogen) atoms. The van der Waals surface area contributed by atoms with E-state index >= 15 is 0 Å². The van der Waals surface area contributed by atoms with E-state index in [0.717, 1.165) is 17.4 Å². The lowest BCUT2D eigenvalue weighted by molar-refractivity contribution is 0.280. The Morgan fingerprint density at radius 1 is 1.36 bits per heavy atom. The first-order valence-electron chi connectivity index (χ1n) is 4.04. The van der Waals surface area contributed by atoms with Crippen LogP contribution in [0.3, 0.4) is 0 Å². The van der Waals surface area contributed by atoms with Gasteiger partial charge in [-0.05, 0) is 11.1 Å². The maximum atomic E-state index is 10.7. The third-order valence-electron chi connectivity index (χ3n) is 1.61. The van der Waals surface area contributed by atoms with Gasteiger partial charge >= 0.3 is 0 Å². The lowest BCUT2D eigenvalue weighted by Crippen LogP contribution is -2.02. The van der Waals surface area contributed by atoms with Crippen LogP contribution in [0.5, 0.6) is 0 Å². The van der Waals surface area contributed by atoms with Crippen molar-refractivity contribution in [1.82, 2.24) is 0 Å². The topological polar surface area (TPSA) is 63.6 Å². The lowest BCUT2D eigenvalue weighted by Gasteiger charge is -2.03. The molecule has 4 nitrogen and oxygen atoms in total. The van der Waals surface area contributed by atoms with Crippen LogP contribution >= 0.6 is 0 Å². The van der Waals surface area contributed by atoms with E-state index < -0.39 is 10.1 Å². The molecule has 0 bridgehead atoms. The Hall–Kier alpha value is -0.910. The summed E-state index contributed by atoms with van der Waals surface area (Å²) in [7, 11) is -3.40. The van der Waals surface area contributed by atoms with Crippen molar-refractivity contribution in [3.8, 4) is 0 Å². The number of hydrogen-bond donors (Lipinski definition) is 1. The second kappa shape index (κ2) is 4.54. The number of aliphatic hydroxyl groups is 1. The van der Waals surface area contributed by atoms with E-state index in [1.54, 1.807) is 24.3 Å². The fourth-order valence-corrected chi connectivity index (χ4v) is 1.34. The van der Waals surface area contributed by atoms with Crippen LogP contribution in [0.2, 0.25) is 0 Å². The highest BCUT2D eigenvalue weighted by atomic mass is 32.2. The minimum Gasteiger partial charge on any atom is -0.392 e. The Morgan fingerprint density at radius 3 is 2.57 bits per heavy atom. The van der Waals surface area contributed by atoms with Gasteiger partial charge in [-0.3, -0.25) is 4.18 Å². The first-order valence-corrected chi connectivity index (χ1v) is 5.86. The molecule has 5 heteroatoms. The standard InChI is InChI=1S/C9H12O4S/c1-14(11,12)13-7-9-4-2-3-8(5-9)6-10/h2-5,10H,6-7H2,1H3. The Kier molecular flexibility index (Phi) is 3.62. The van der Waals surface area contributed by atoms with Gasteiger partial charge in [-0.15, -0.1) is 0 Å². The molecule has 0 saturated heterocycles. The Morgan fingerprint density at radius 2 is 2.00 bits per heavy atom. The van der Waals surface area contributed by atoms with E-state index in [1.165, 1.54) is 0 Å². The third-order valence-corrected chi connectivity index (χ3v) is 2.16. The summed E-state index contributed by atoms with van der Waals surface area (Å²) in [6.45, 7) is -0.0562. The minimum absolute atomic E-state index is 0.00662. The quantitative estimate of drug-likeness (QED) is 0.751. The van der Waals surface area contributed by atoms with Crippen LogP contribution in [0, 0.1) is 0 Å².